The molecule has 0 aliphatic carbocycles. The minimum absolute atomic E-state index is 0.0826. The van der Waals surface area contributed by atoms with Crippen molar-refractivity contribution in [3.63, 3.8) is 0 Å². The molecule has 1 amide bonds. The van der Waals surface area contributed by atoms with Gasteiger partial charge in [0.25, 0.3) is 0 Å². The van der Waals surface area contributed by atoms with Gasteiger partial charge in [0.2, 0.25) is 5.91 Å². The van der Waals surface area contributed by atoms with Gasteiger partial charge in [-0.05, 0) is 65.8 Å². The Morgan fingerprint density at radius 3 is 2.89 bits per heavy atom. The molecule has 0 bridgehead atoms. The zero-order chi connectivity index (χ0) is 19.8. The molecule has 0 saturated heterocycles. The summed E-state index contributed by atoms with van der Waals surface area (Å²) in [4.78, 5) is 12.3. The average Bonchev–Trinajstić information content (AvgIpc) is 3.33. The molecular weight excluding hydrogens is 412 g/mol. The molecule has 0 fully saturated rings. The maximum Gasteiger partial charge on any atom is 0.240 e. The van der Waals surface area contributed by atoms with Crippen LogP contribution in [0.2, 0.25) is 0 Å². The monoisotopic (exact) mass is 434 g/mol. The van der Waals surface area contributed by atoms with Gasteiger partial charge in [-0.1, -0.05) is 0 Å². The summed E-state index contributed by atoms with van der Waals surface area (Å²) < 4.78 is 7.59. The van der Waals surface area contributed by atoms with Crippen molar-refractivity contribution in [2.24, 2.45) is 0 Å². The molecule has 1 aromatic carbocycles. The van der Waals surface area contributed by atoms with Crippen LogP contribution in [0, 0.1) is 4.77 Å². The van der Waals surface area contributed by atoms with Crippen LogP contribution in [-0.2, 0) is 17.1 Å². The van der Waals surface area contributed by atoms with Crippen molar-refractivity contribution < 1.29 is 9.53 Å². The number of aromatic amines is 1. The molecule has 2 aromatic heterocycles. The number of hydrogen-bond donors (Lipinski definition) is 2. The Hall–Kier alpha value is -2.10. The largest absolute Gasteiger partial charge is 0.494 e. The van der Waals surface area contributed by atoms with Gasteiger partial charge in [0.1, 0.15) is 12.3 Å². The van der Waals surface area contributed by atoms with E-state index in [1.165, 1.54) is 5.56 Å². The van der Waals surface area contributed by atoms with Crippen molar-refractivity contribution in [1.29, 1.82) is 0 Å². The smallest absolute Gasteiger partial charge is 0.240 e. The first-order chi connectivity index (χ1) is 13.7. The first-order valence-electron chi connectivity index (χ1n) is 8.91. The Bertz CT molecular complexity index is 933. The van der Waals surface area contributed by atoms with E-state index >= 15 is 0 Å². The fourth-order valence-corrected chi connectivity index (χ4v) is 4.36. The summed E-state index contributed by atoms with van der Waals surface area (Å²) in [5, 5.41) is 14.2. The maximum absolute atomic E-state index is 12.3. The normalized spacial score (nSPS) is 10.8. The van der Waals surface area contributed by atoms with Crippen LogP contribution >= 0.6 is 35.3 Å². The lowest BCUT2D eigenvalue weighted by molar-refractivity contribution is -0.121. The topological polar surface area (TPSA) is 71.9 Å². The van der Waals surface area contributed by atoms with Crippen LogP contribution < -0.4 is 10.1 Å². The van der Waals surface area contributed by atoms with E-state index in [9.17, 15) is 4.79 Å². The molecule has 0 saturated carbocycles. The van der Waals surface area contributed by atoms with E-state index in [4.69, 9.17) is 17.0 Å². The second kappa shape index (κ2) is 10.4. The molecule has 9 heteroatoms. The molecule has 0 aliphatic rings. The number of benzene rings is 1. The van der Waals surface area contributed by atoms with Crippen LogP contribution in [0.1, 0.15) is 12.5 Å². The number of hydrogen-bond acceptors (Lipinski definition) is 6. The molecule has 28 heavy (non-hydrogen) atoms. The van der Waals surface area contributed by atoms with E-state index in [-0.39, 0.29) is 12.5 Å². The van der Waals surface area contributed by atoms with E-state index in [0.717, 1.165) is 22.8 Å². The van der Waals surface area contributed by atoms with Crippen LogP contribution in [0.25, 0.3) is 11.4 Å². The minimum atomic E-state index is -0.0826. The number of ether oxygens (including phenoxy) is 1. The number of H-pyrrole nitrogens is 1. The number of amides is 1. The molecule has 2 N–H and O–H groups in total. The van der Waals surface area contributed by atoms with Crippen molar-refractivity contribution in [2.75, 3.05) is 18.9 Å². The van der Waals surface area contributed by atoms with Crippen LogP contribution in [0.4, 0.5) is 0 Å². The van der Waals surface area contributed by atoms with Crippen LogP contribution in [0.15, 0.2) is 41.1 Å². The lowest BCUT2D eigenvalue weighted by Crippen LogP contribution is -2.29. The van der Waals surface area contributed by atoms with E-state index in [1.54, 1.807) is 27.7 Å². The zero-order valence-electron chi connectivity index (χ0n) is 15.5. The molecule has 0 unspecified atom stereocenters. The first-order valence-corrected chi connectivity index (χ1v) is 11.4. The summed E-state index contributed by atoms with van der Waals surface area (Å²) in [5.41, 5.74) is 2.20. The lowest BCUT2D eigenvalue weighted by atomic mass is 10.2. The van der Waals surface area contributed by atoms with Gasteiger partial charge < -0.3 is 10.1 Å². The molecule has 0 radical (unpaired) electrons. The van der Waals surface area contributed by atoms with Crippen molar-refractivity contribution >= 4 is 41.2 Å². The summed E-state index contributed by atoms with van der Waals surface area (Å²) in [6.45, 7) is 3.31. The second-order valence-corrected chi connectivity index (χ2v) is 8.20. The molecule has 2 heterocycles. The van der Waals surface area contributed by atoms with Gasteiger partial charge in [-0.2, -0.15) is 28.2 Å². The molecule has 0 spiro atoms. The van der Waals surface area contributed by atoms with Gasteiger partial charge >= 0.3 is 0 Å². The maximum atomic E-state index is 12.3. The van der Waals surface area contributed by atoms with Gasteiger partial charge in [0, 0.05) is 23.6 Å². The first kappa shape index (κ1) is 20.6. The third-order valence-electron chi connectivity index (χ3n) is 3.90. The number of carbonyl (C=O) groups is 1. The van der Waals surface area contributed by atoms with Crippen molar-refractivity contribution in [3.05, 3.63) is 51.4 Å². The second-order valence-electron chi connectivity index (χ2n) is 5.93. The number of thiophene rings is 1. The highest BCUT2D eigenvalue weighted by Gasteiger charge is 2.12. The molecule has 3 aromatic rings. The molecular formula is C19H22N4O2S3. The highest BCUT2D eigenvalue weighted by atomic mass is 32.2. The molecule has 0 atom stereocenters. The third-order valence-corrected chi connectivity index (χ3v) is 5.97. The predicted octanol–water partition coefficient (Wildman–Crippen LogP) is 4.12. The van der Waals surface area contributed by atoms with E-state index < -0.39 is 0 Å². The third kappa shape index (κ3) is 5.70. The average molecular weight is 435 g/mol. The predicted molar refractivity (Wildman–Crippen MR) is 118 cm³/mol. The summed E-state index contributed by atoms with van der Waals surface area (Å²) >= 11 is 8.80. The van der Waals surface area contributed by atoms with Crippen molar-refractivity contribution in [3.8, 4) is 17.1 Å². The number of nitrogens with one attached hydrogen (secondary N) is 2. The Labute approximate surface area is 177 Å². The number of nitrogens with zero attached hydrogens (tertiary/aromatic N) is 2. The summed E-state index contributed by atoms with van der Waals surface area (Å²) in [6.07, 6.45) is 0. The molecule has 6 nitrogen and oxygen atoms in total. The summed E-state index contributed by atoms with van der Waals surface area (Å²) in [7, 11) is 0. The number of carbonyl (C=O) groups excluding carboxylic acids is 1. The molecule has 0 aliphatic heterocycles. The SMILES string of the molecule is CCOc1ccc(-c2n[nH]c(=S)n2CC(=O)NCCSCc2ccsc2)cc1. The fourth-order valence-electron chi connectivity index (χ4n) is 2.58. The highest BCUT2D eigenvalue weighted by molar-refractivity contribution is 7.98. The van der Waals surface area contributed by atoms with Gasteiger partial charge in [-0.15, -0.1) is 0 Å². The Morgan fingerprint density at radius 1 is 1.36 bits per heavy atom. The van der Waals surface area contributed by atoms with E-state index in [0.29, 0.717) is 23.7 Å². The number of thioether (sulfide) groups is 1. The Balaban J connectivity index is 1.53. The van der Waals surface area contributed by atoms with Crippen LogP contribution in [-0.4, -0.2) is 39.6 Å². The summed E-state index contributed by atoms with van der Waals surface area (Å²) in [6, 6.07) is 9.70. The summed E-state index contributed by atoms with van der Waals surface area (Å²) in [5.74, 6) is 3.18. The molecule has 3 rings (SSSR count). The zero-order valence-corrected chi connectivity index (χ0v) is 18.0. The van der Waals surface area contributed by atoms with Crippen molar-refractivity contribution in [1.82, 2.24) is 20.1 Å². The van der Waals surface area contributed by atoms with Gasteiger partial charge in [0.05, 0.1) is 6.61 Å². The van der Waals surface area contributed by atoms with E-state index in [2.05, 4.69) is 32.3 Å². The number of rotatable bonds is 10. The van der Waals surface area contributed by atoms with Crippen LogP contribution in [0.3, 0.4) is 0 Å². The van der Waals surface area contributed by atoms with Gasteiger partial charge in [-0.25, -0.2) is 0 Å². The van der Waals surface area contributed by atoms with Crippen LogP contribution in [0.5, 0.6) is 5.75 Å². The number of aromatic nitrogens is 3. The molecule has 148 valence electrons. The lowest BCUT2D eigenvalue weighted by Gasteiger charge is -2.09. The highest BCUT2D eigenvalue weighted by Crippen LogP contribution is 2.21. The van der Waals surface area contributed by atoms with E-state index in [1.807, 2.05) is 31.2 Å². The Morgan fingerprint density at radius 2 is 2.18 bits per heavy atom. The minimum Gasteiger partial charge on any atom is -0.494 e. The standard InChI is InChI=1S/C19H22N4O2S3/c1-2-25-16-5-3-15(4-6-16)18-21-22-19(26)23(18)11-17(24)20-8-10-28-13-14-7-9-27-12-14/h3-7,9,12H,2,8,10-11,13H2,1H3,(H,20,24)(H,22,26). The van der Waals surface area contributed by atoms with Crippen molar-refractivity contribution in [2.45, 2.75) is 19.2 Å². The Kier molecular flexibility index (Phi) is 7.70. The van der Waals surface area contributed by atoms with Gasteiger partial charge in [0.15, 0.2) is 10.6 Å². The van der Waals surface area contributed by atoms with Gasteiger partial charge in [-0.3, -0.25) is 14.5 Å². The quantitative estimate of drug-likeness (QED) is 0.371. The fraction of sp³-hybridized carbons (Fsp3) is 0.316.